The summed E-state index contributed by atoms with van der Waals surface area (Å²) in [6, 6.07) is 6.07. The van der Waals surface area contributed by atoms with Gasteiger partial charge in [0.05, 0.1) is 0 Å². The minimum atomic E-state index is 0. The van der Waals surface area contributed by atoms with Crippen LogP contribution in [0.15, 0.2) is 24.3 Å². The molecule has 0 saturated carbocycles. The van der Waals surface area contributed by atoms with Crippen molar-refractivity contribution in [3.63, 3.8) is 0 Å². The number of hydrogen-bond donors (Lipinski definition) is 1. The number of phenolic OH excluding ortho intramolecular Hbond substituents is 1. The highest BCUT2D eigenvalue weighted by Crippen LogP contribution is 2.07. The zero-order valence-corrected chi connectivity index (χ0v) is 7.24. The van der Waals surface area contributed by atoms with Crippen molar-refractivity contribution in [2.45, 2.75) is 13.8 Å². The highest BCUT2D eigenvalue weighted by molar-refractivity contribution is 5.74. The third-order valence-electron chi connectivity index (χ3n) is 1.03. The van der Waals surface area contributed by atoms with Gasteiger partial charge in [0.2, 0.25) is 0 Å². The second-order valence-corrected chi connectivity index (χ2v) is 1.71. The molecule has 68 valence electrons. The van der Waals surface area contributed by atoms with Crippen molar-refractivity contribution in [1.29, 1.82) is 0 Å². The molecule has 1 aromatic carbocycles. The number of carbonyl (C=O) groups excluding carboxylic acids is 1. The van der Waals surface area contributed by atoms with Crippen LogP contribution in [0, 0.1) is 0 Å². The Morgan fingerprint density at radius 2 is 1.58 bits per heavy atom. The molecule has 0 aliphatic rings. The van der Waals surface area contributed by atoms with E-state index in [1.807, 2.05) is 13.8 Å². The van der Waals surface area contributed by atoms with Gasteiger partial charge in [-0.2, -0.15) is 0 Å². The molecule has 0 spiro atoms. The normalized spacial score (nSPS) is 7.17. The Hall–Kier alpha value is -1.35. The largest absolute Gasteiger partial charge is 0.508 e. The molecular formula is C9H14O3. The van der Waals surface area contributed by atoms with Crippen LogP contribution in [-0.2, 0) is 0 Å². The fourth-order valence-corrected chi connectivity index (χ4v) is 0.553. The highest BCUT2D eigenvalue weighted by Gasteiger charge is 1.86. The Balaban J connectivity index is 0. The third-order valence-corrected chi connectivity index (χ3v) is 1.03. The molecule has 0 unspecified atom stereocenters. The molecule has 0 bridgehead atoms. The van der Waals surface area contributed by atoms with Crippen molar-refractivity contribution in [1.82, 2.24) is 0 Å². The van der Waals surface area contributed by atoms with Crippen LogP contribution in [0.2, 0.25) is 0 Å². The van der Waals surface area contributed by atoms with E-state index in [0.717, 1.165) is 6.29 Å². The Morgan fingerprint density at radius 1 is 1.17 bits per heavy atom. The number of benzene rings is 1. The highest BCUT2D eigenvalue weighted by atomic mass is 16.3. The van der Waals surface area contributed by atoms with E-state index in [2.05, 4.69) is 0 Å². The van der Waals surface area contributed by atoms with Gasteiger partial charge in [-0.1, -0.05) is 13.8 Å². The molecule has 3 N–H and O–H groups in total. The van der Waals surface area contributed by atoms with Crippen LogP contribution < -0.4 is 0 Å². The monoisotopic (exact) mass is 170 g/mol. The first kappa shape index (κ1) is 13.3. The summed E-state index contributed by atoms with van der Waals surface area (Å²) in [5.41, 5.74) is 0.577. The minimum absolute atomic E-state index is 0. The Morgan fingerprint density at radius 3 is 1.92 bits per heavy atom. The van der Waals surface area contributed by atoms with Crippen LogP contribution in [0.5, 0.6) is 5.75 Å². The fourth-order valence-electron chi connectivity index (χ4n) is 0.553. The van der Waals surface area contributed by atoms with Gasteiger partial charge in [-0.3, -0.25) is 4.79 Å². The second-order valence-electron chi connectivity index (χ2n) is 1.71. The van der Waals surface area contributed by atoms with Gasteiger partial charge >= 0.3 is 0 Å². The molecule has 3 nitrogen and oxygen atoms in total. The summed E-state index contributed by atoms with van der Waals surface area (Å²) < 4.78 is 0. The molecule has 0 aliphatic carbocycles. The van der Waals surface area contributed by atoms with Crippen molar-refractivity contribution in [2.75, 3.05) is 0 Å². The molecule has 0 atom stereocenters. The molecule has 1 rings (SSSR count). The summed E-state index contributed by atoms with van der Waals surface area (Å²) in [6.45, 7) is 4.00. The van der Waals surface area contributed by atoms with Crippen molar-refractivity contribution in [3.8, 4) is 5.75 Å². The molecule has 3 heteroatoms. The van der Waals surface area contributed by atoms with Crippen LogP contribution in [0.4, 0.5) is 0 Å². The van der Waals surface area contributed by atoms with Crippen molar-refractivity contribution in [2.24, 2.45) is 0 Å². The van der Waals surface area contributed by atoms with E-state index < -0.39 is 0 Å². The predicted octanol–water partition coefficient (Wildman–Crippen LogP) is 1.41. The zero-order chi connectivity index (χ0) is 8.69. The maximum absolute atomic E-state index is 10.0. The number of rotatable bonds is 1. The second kappa shape index (κ2) is 7.75. The Kier molecular flexibility index (Phi) is 8.56. The summed E-state index contributed by atoms with van der Waals surface area (Å²) >= 11 is 0. The maximum atomic E-state index is 10.0. The molecule has 0 saturated heterocycles. The van der Waals surface area contributed by atoms with Crippen molar-refractivity contribution >= 4 is 6.29 Å². The van der Waals surface area contributed by atoms with Gasteiger partial charge in [0.25, 0.3) is 0 Å². The number of carbonyl (C=O) groups is 1. The summed E-state index contributed by atoms with van der Waals surface area (Å²) in [4.78, 5) is 10.0. The van der Waals surface area contributed by atoms with E-state index in [-0.39, 0.29) is 11.2 Å². The van der Waals surface area contributed by atoms with E-state index in [1.54, 1.807) is 12.1 Å². The van der Waals surface area contributed by atoms with E-state index in [1.165, 1.54) is 12.1 Å². The summed E-state index contributed by atoms with van der Waals surface area (Å²) in [5, 5.41) is 8.74. The molecule has 0 amide bonds. The van der Waals surface area contributed by atoms with E-state index in [9.17, 15) is 4.79 Å². The molecule has 0 radical (unpaired) electrons. The molecule has 0 aromatic heterocycles. The molecule has 0 heterocycles. The average molecular weight is 170 g/mol. The van der Waals surface area contributed by atoms with E-state index in [0.29, 0.717) is 5.56 Å². The van der Waals surface area contributed by atoms with Gasteiger partial charge in [-0.25, -0.2) is 0 Å². The quantitative estimate of drug-likeness (QED) is 0.647. The first-order valence-corrected chi connectivity index (χ1v) is 3.57. The molecular weight excluding hydrogens is 156 g/mol. The molecule has 0 fully saturated rings. The molecule has 0 aliphatic heterocycles. The first-order chi connectivity index (χ1) is 5.33. The van der Waals surface area contributed by atoms with Gasteiger partial charge < -0.3 is 10.6 Å². The van der Waals surface area contributed by atoms with Crippen LogP contribution >= 0.6 is 0 Å². The van der Waals surface area contributed by atoms with Crippen LogP contribution in [0.1, 0.15) is 24.2 Å². The van der Waals surface area contributed by atoms with Gasteiger partial charge in [-0.15, -0.1) is 0 Å². The third kappa shape index (κ3) is 4.46. The van der Waals surface area contributed by atoms with Crippen molar-refractivity contribution < 1.29 is 15.4 Å². The van der Waals surface area contributed by atoms with E-state index >= 15 is 0 Å². The van der Waals surface area contributed by atoms with Gasteiger partial charge in [0.1, 0.15) is 12.0 Å². The lowest BCUT2D eigenvalue weighted by Gasteiger charge is -1.88. The minimum Gasteiger partial charge on any atom is -0.508 e. The van der Waals surface area contributed by atoms with Gasteiger partial charge in [0.15, 0.2) is 0 Å². The summed E-state index contributed by atoms with van der Waals surface area (Å²) in [6.07, 6.45) is 0.736. The number of aromatic hydroxyl groups is 1. The number of phenols is 1. The van der Waals surface area contributed by atoms with Crippen LogP contribution in [-0.4, -0.2) is 16.9 Å². The van der Waals surface area contributed by atoms with Crippen LogP contribution in [0.25, 0.3) is 0 Å². The van der Waals surface area contributed by atoms with Crippen molar-refractivity contribution in [3.05, 3.63) is 29.8 Å². The first-order valence-electron chi connectivity index (χ1n) is 3.57. The standard InChI is InChI=1S/C7H6O2.C2H6.H2O/c8-5-6-1-3-7(9)4-2-6;1-2;/h1-5,9H;1-2H3;1H2. The SMILES string of the molecule is CC.O.O=Cc1ccc(O)cc1. The lowest BCUT2D eigenvalue weighted by atomic mass is 10.2. The van der Waals surface area contributed by atoms with Gasteiger partial charge in [0, 0.05) is 5.56 Å². The Bertz CT molecular complexity index is 204. The predicted molar refractivity (Wildman–Crippen MR) is 48.5 cm³/mol. The topological polar surface area (TPSA) is 68.8 Å². The number of aldehydes is 1. The maximum Gasteiger partial charge on any atom is 0.150 e. The average Bonchev–Trinajstić information content (AvgIpc) is 2.10. The molecule has 1 aromatic rings. The lowest BCUT2D eigenvalue weighted by molar-refractivity contribution is 0.112. The lowest BCUT2D eigenvalue weighted by Crippen LogP contribution is -1.74. The molecule has 12 heavy (non-hydrogen) atoms. The summed E-state index contributed by atoms with van der Waals surface area (Å²) in [5.74, 6) is 0.181. The zero-order valence-electron chi connectivity index (χ0n) is 7.24. The number of hydrogen-bond acceptors (Lipinski definition) is 2. The Labute approximate surface area is 72.0 Å². The van der Waals surface area contributed by atoms with E-state index in [4.69, 9.17) is 5.11 Å². The van der Waals surface area contributed by atoms with Crippen LogP contribution in [0.3, 0.4) is 0 Å². The van der Waals surface area contributed by atoms with Gasteiger partial charge in [-0.05, 0) is 24.3 Å². The fraction of sp³-hybridized carbons (Fsp3) is 0.222. The smallest absolute Gasteiger partial charge is 0.150 e. The summed E-state index contributed by atoms with van der Waals surface area (Å²) in [7, 11) is 0.